The van der Waals surface area contributed by atoms with Gasteiger partial charge in [0.25, 0.3) is 5.91 Å². The summed E-state index contributed by atoms with van der Waals surface area (Å²) in [6.07, 6.45) is 3.42. The van der Waals surface area contributed by atoms with Crippen LogP contribution in [-0.2, 0) is 7.05 Å². The maximum Gasteiger partial charge on any atom is 0.276 e. The highest BCUT2D eigenvalue weighted by molar-refractivity contribution is 5.92. The topological polar surface area (TPSA) is 85.0 Å². The van der Waals surface area contributed by atoms with Gasteiger partial charge in [0.1, 0.15) is 0 Å². The zero-order valence-electron chi connectivity index (χ0n) is 15.7. The number of pyridine rings is 1. The molecule has 140 valence electrons. The fourth-order valence-corrected chi connectivity index (χ4v) is 3.53. The fourth-order valence-electron chi connectivity index (χ4n) is 3.53. The Bertz CT molecular complexity index is 953. The first-order valence-electron chi connectivity index (χ1n) is 8.93. The highest BCUT2D eigenvalue weighted by Gasteiger charge is 2.27. The molecular weight excluding hydrogens is 344 g/mol. The molecule has 0 radical (unpaired) electrons. The van der Waals surface area contributed by atoms with Crippen LogP contribution in [0.15, 0.2) is 30.6 Å². The average Bonchev–Trinajstić information content (AvgIpc) is 3.25. The molecule has 0 spiro atoms. The summed E-state index contributed by atoms with van der Waals surface area (Å²) < 4.78 is 3.42. The first-order valence-corrected chi connectivity index (χ1v) is 8.93. The third-order valence-corrected chi connectivity index (χ3v) is 4.82. The van der Waals surface area contributed by atoms with Gasteiger partial charge in [-0.15, -0.1) is 5.10 Å². The van der Waals surface area contributed by atoms with Gasteiger partial charge in [0.05, 0.1) is 23.3 Å². The Labute approximate surface area is 157 Å². The van der Waals surface area contributed by atoms with Crippen LogP contribution in [0.4, 0.5) is 5.69 Å². The van der Waals surface area contributed by atoms with E-state index in [2.05, 4.69) is 32.2 Å². The van der Waals surface area contributed by atoms with Crippen molar-refractivity contribution in [3.8, 4) is 5.82 Å². The van der Waals surface area contributed by atoms with Crippen LogP contribution >= 0.6 is 0 Å². The number of aryl methyl sites for hydroxylation is 2. The van der Waals surface area contributed by atoms with Crippen molar-refractivity contribution in [3.63, 3.8) is 0 Å². The molecule has 4 heterocycles. The third-order valence-electron chi connectivity index (χ3n) is 4.82. The van der Waals surface area contributed by atoms with E-state index in [9.17, 15) is 4.79 Å². The van der Waals surface area contributed by atoms with Crippen LogP contribution in [0.2, 0.25) is 0 Å². The molecule has 1 saturated heterocycles. The lowest BCUT2D eigenvalue weighted by molar-refractivity contribution is 0.0740. The standard InChI is InChI=1S/C18H22N8O/c1-13-17(14(2)26(21-13)16-6-4-5-7-19-16)24-8-10-25(11-9-24)18(27)15-12-23(3)22-20-15/h4-7,12H,8-11H2,1-3H3. The zero-order chi connectivity index (χ0) is 19.0. The van der Waals surface area contributed by atoms with Crippen molar-refractivity contribution in [2.24, 2.45) is 7.05 Å². The molecule has 27 heavy (non-hydrogen) atoms. The van der Waals surface area contributed by atoms with E-state index in [4.69, 9.17) is 0 Å². The van der Waals surface area contributed by atoms with Crippen LogP contribution in [0.25, 0.3) is 5.82 Å². The summed E-state index contributed by atoms with van der Waals surface area (Å²) in [6, 6.07) is 5.79. The number of carbonyl (C=O) groups excluding carboxylic acids is 1. The maximum atomic E-state index is 12.5. The summed E-state index contributed by atoms with van der Waals surface area (Å²) in [5, 5.41) is 12.4. The van der Waals surface area contributed by atoms with Gasteiger partial charge in [-0.3, -0.25) is 9.48 Å². The van der Waals surface area contributed by atoms with Crippen molar-refractivity contribution in [2.75, 3.05) is 31.1 Å². The van der Waals surface area contributed by atoms with Gasteiger partial charge in [0, 0.05) is 39.4 Å². The maximum absolute atomic E-state index is 12.5. The molecule has 0 N–H and O–H groups in total. The number of rotatable bonds is 3. The molecule has 0 unspecified atom stereocenters. The fraction of sp³-hybridized carbons (Fsp3) is 0.389. The normalized spacial score (nSPS) is 14.6. The summed E-state index contributed by atoms with van der Waals surface area (Å²) in [7, 11) is 1.76. The van der Waals surface area contributed by atoms with Crippen molar-refractivity contribution in [2.45, 2.75) is 13.8 Å². The van der Waals surface area contributed by atoms with Crippen LogP contribution in [0, 0.1) is 13.8 Å². The minimum atomic E-state index is -0.0691. The number of aromatic nitrogens is 6. The van der Waals surface area contributed by atoms with Gasteiger partial charge in [0.2, 0.25) is 0 Å². The van der Waals surface area contributed by atoms with Crippen molar-refractivity contribution in [1.82, 2.24) is 34.7 Å². The largest absolute Gasteiger partial charge is 0.365 e. The first-order chi connectivity index (χ1) is 13.0. The average molecular weight is 366 g/mol. The molecule has 1 fully saturated rings. The monoisotopic (exact) mass is 366 g/mol. The number of carbonyl (C=O) groups is 1. The second kappa shape index (κ2) is 6.82. The summed E-state index contributed by atoms with van der Waals surface area (Å²) in [4.78, 5) is 21.1. The van der Waals surface area contributed by atoms with Crippen molar-refractivity contribution in [1.29, 1.82) is 0 Å². The Kier molecular flexibility index (Phi) is 4.35. The number of hydrogen-bond acceptors (Lipinski definition) is 6. The van der Waals surface area contributed by atoms with Crippen LogP contribution in [0.1, 0.15) is 21.9 Å². The van der Waals surface area contributed by atoms with Gasteiger partial charge < -0.3 is 9.80 Å². The molecular formula is C18H22N8O. The van der Waals surface area contributed by atoms with Crippen molar-refractivity contribution < 1.29 is 4.79 Å². The Morgan fingerprint density at radius 2 is 1.89 bits per heavy atom. The minimum absolute atomic E-state index is 0.0691. The lowest BCUT2D eigenvalue weighted by atomic mass is 10.2. The van der Waals surface area contributed by atoms with Crippen LogP contribution in [-0.4, -0.2) is 66.7 Å². The van der Waals surface area contributed by atoms with Crippen molar-refractivity contribution in [3.05, 3.63) is 47.7 Å². The highest BCUT2D eigenvalue weighted by atomic mass is 16.2. The number of piperazine rings is 1. The molecule has 0 aromatic carbocycles. The lowest BCUT2D eigenvalue weighted by Gasteiger charge is -2.35. The van der Waals surface area contributed by atoms with Crippen LogP contribution in [0.5, 0.6) is 0 Å². The Morgan fingerprint density at radius 1 is 1.11 bits per heavy atom. The molecule has 1 amide bonds. The predicted molar refractivity (Wildman–Crippen MR) is 100.0 cm³/mol. The van der Waals surface area contributed by atoms with Crippen LogP contribution in [0.3, 0.4) is 0 Å². The minimum Gasteiger partial charge on any atom is -0.365 e. The van der Waals surface area contributed by atoms with E-state index in [1.54, 1.807) is 24.1 Å². The smallest absolute Gasteiger partial charge is 0.276 e. The van der Waals surface area contributed by atoms with Gasteiger partial charge in [0.15, 0.2) is 11.5 Å². The first kappa shape index (κ1) is 17.2. The second-order valence-corrected chi connectivity index (χ2v) is 6.68. The van der Waals surface area contributed by atoms with Gasteiger partial charge in [-0.25, -0.2) is 9.67 Å². The molecule has 4 rings (SSSR count). The molecule has 0 aliphatic carbocycles. The number of hydrogen-bond donors (Lipinski definition) is 0. The molecule has 9 heteroatoms. The van der Waals surface area contributed by atoms with Crippen molar-refractivity contribution >= 4 is 11.6 Å². The van der Waals surface area contributed by atoms with Gasteiger partial charge >= 0.3 is 0 Å². The Balaban J connectivity index is 1.50. The lowest BCUT2D eigenvalue weighted by Crippen LogP contribution is -2.49. The number of anilines is 1. The Morgan fingerprint density at radius 3 is 2.52 bits per heavy atom. The summed E-state index contributed by atoms with van der Waals surface area (Å²) in [5.41, 5.74) is 3.53. The third kappa shape index (κ3) is 3.16. The molecule has 0 saturated carbocycles. The Hall–Kier alpha value is -3.23. The van der Waals surface area contributed by atoms with Crippen LogP contribution < -0.4 is 4.90 Å². The van der Waals surface area contributed by atoms with E-state index >= 15 is 0 Å². The summed E-state index contributed by atoms with van der Waals surface area (Å²) >= 11 is 0. The molecule has 3 aromatic rings. The van der Waals surface area contributed by atoms with E-state index in [0.717, 1.165) is 36.0 Å². The van der Waals surface area contributed by atoms with E-state index in [0.29, 0.717) is 18.8 Å². The number of nitrogens with zero attached hydrogens (tertiary/aromatic N) is 8. The van der Waals surface area contributed by atoms with E-state index in [1.165, 1.54) is 0 Å². The van der Waals surface area contributed by atoms with Gasteiger partial charge in [-0.2, -0.15) is 5.10 Å². The summed E-state index contributed by atoms with van der Waals surface area (Å²) in [6.45, 7) is 6.86. The SMILES string of the molecule is Cc1nn(-c2ccccn2)c(C)c1N1CCN(C(=O)c2cn(C)nn2)CC1. The molecule has 0 bridgehead atoms. The van der Waals surface area contributed by atoms with E-state index in [-0.39, 0.29) is 5.91 Å². The quantitative estimate of drug-likeness (QED) is 0.687. The summed E-state index contributed by atoms with van der Waals surface area (Å²) in [5.74, 6) is 0.737. The van der Waals surface area contributed by atoms with E-state index in [1.807, 2.05) is 34.7 Å². The predicted octanol–water partition coefficient (Wildman–Crippen LogP) is 0.975. The molecule has 1 aliphatic rings. The molecule has 0 atom stereocenters. The second-order valence-electron chi connectivity index (χ2n) is 6.68. The number of amides is 1. The highest BCUT2D eigenvalue weighted by Crippen LogP contribution is 2.27. The van der Waals surface area contributed by atoms with E-state index < -0.39 is 0 Å². The molecule has 1 aliphatic heterocycles. The van der Waals surface area contributed by atoms with Gasteiger partial charge in [-0.05, 0) is 26.0 Å². The zero-order valence-corrected chi connectivity index (χ0v) is 15.7. The molecule has 3 aromatic heterocycles. The molecule has 9 nitrogen and oxygen atoms in total. The van der Waals surface area contributed by atoms with Gasteiger partial charge in [-0.1, -0.05) is 11.3 Å².